The van der Waals surface area contributed by atoms with Crippen molar-refractivity contribution >= 4 is 16.2 Å². The average Bonchev–Trinajstić information content (AvgIpc) is 2.56. The number of sulfonamides is 1. The fourth-order valence-electron chi connectivity index (χ4n) is 2.36. The Bertz CT molecular complexity index is 891. The number of aryl methyl sites for hydroxylation is 2. The lowest BCUT2D eigenvalue weighted by atomic mass is 10.2. The fourth-order valence-corrected chi connectivity index (χ4v) is 3.48. The summed E-state index contributed by atoms with van der Waals surface area (Å²) in [5.41, 5.74) is 2.25. The first-order valence-electron chi connectivity index (χ1n) is 7.47. The summed E-state index contributed by atoms with van der Waals surface area (Å²) in [6, 6.07) is 10.6. The van der Waals surface area contributed by atoms with Crippen LogP contribution in [0.25, 0.3) is 0 Å². The van der Waals surface area contributed by atoms with Gasteiger partial charge in [-0.25, -0.2) is 4.83 Å². The molecule has 1 aliphatic rings. The molecule has 0 atom stereocenters. The lowest BCUT2D eigenvalue weighted by Crippen LogP contribution is -2.19. The summed E-state index contributed by atoms with van der Waals surface area (Å²) in [6.07, 6.45) is 1.43. The minimum Gasteiger partial charge on any atom is -0.486 e. The normalized spacial score (nSPS) is 13.9. The summed E-state index contributed by atoms with van der Waals surface area (Å²) >= 11 is 0. The van der Waals surface area contributed by atoms with E-state index in [0.29, 0.717) is 35.8 Å². The zero-order valence-electron chi connectivity index (χ0n) is 13.4. The highest BCUT2D eigenvalue weighted by atomic mass is 32.2. The number of hydrogen-bond donors (Lipinski definition) is 1. The Hall–Kier alpha value is -2.54. The van der Waals surface area contributed by atoms with E-state index in [-0.39, 0.29) is 4.90 Å². The molecule has 0 bridgehead atoms. The predicted octanol–water partition coefficient (Wildman–Crippen LogP) is 2.39. The van der Waals surface area contributed by atoms with Crippen LogP contribution in [0.15, 0.2) is 46.4 Å². The maximum Gasteiger partial charge on any atom is 0.276 e. The van der Waals surface area contributed by atoms with E-state index in [1.54, 1.807) is 37.3 Å². The molecule has 1 N–H and O–H groups in total. The first kappa shape index (κ1) is 16.3. The molecule has 1 aliphatic heterocycles. The molecule has 0 spiro atoms. The van der Waals surface area contributed by atoms with Crippen LogP contribution >= 0.6 is 0 Å². The van der Waals surface area contributed by atoms with Crippen molar-refractivity contribution in [1.82, 2.24) is 4.83 Å². The van der Waals surface area contributed by atoms with Crippen LogP contribution in [-0.2, 0) is 10.0 Å². The highest BCUT2D eigenvalue weighted by Crippen LogP contribution is 2.30. The van der Waals surface area contributed by atoms with Crippen LogP contribution in [0, 0.1) is 13.8 Å². The molecule has 0 fully saturated rings. The second kappa shape index (κ2) is 6.52. The summed E-state index contributed by atoms with van der Waals surface area (Å²) in [5.74, 6) is 1.30. The Kier molecular flexibility index (Phi) is 4.44. The van der Waals surface area contributed by atoms with E-state index in [2.05, 4.69) is 9.93 Å². The third-order valence-electron chi connectivity index (χ3n) is 3.59. The van der Waals surface area contributed by atoms with Crippen LogP contribution in [-0.4, -0.2) is 27.8 Å². The van der Waals surface area contributed by atoms with Crippen molar-refractivity contribution in [3.05, 3.63) is 53.1 Å². The Morgan fingerprint density at radius 3 is 2.58 bits per heavy atom. The van der Waals surface area contributed by atoms with E-state index in [9.17, 15) is 8.42 Å². The first-order valence-corrected chi connectivity index (χ1v) is 8.96. The van der Waals surface area contributed by atoms with E-state index in [4.69, 9.17) is 9.47 Å². The number of nitrogens with one attached hydrogen (secondary N) is 1. The molecule has 2 aromatic carbocycles. The maximum absolute atomic E-state index is 12.4. The standard InChI is InChI=1S/C17H18N2O4S/c1-12-3-4-13(2)17(9-12)24(20,21)19-18-11-14-5-6-15-16(10-14)23-8-7-22-15/h3-6,9-11,19H,7-8H2,1-2H3/b18-11-. The van der Waals surface area contributed by atoms with Gasteiger partial charge < -0.3 is 9.47 Å². The SMILES string of the molecule is Cc1ccc(C)c(S(=O)(=O)N/N=C\c2ccc3c(c2)OCCO3)c1. The Morgan fingerprint density at radius 1 is 1.04 bits per heavy atom. The number of fused-ring (bicyclic) bond motifs is 1. The number of hydrazone groups is 1. The molecule has 1 heterocycles. The van der Waals surface area contributed by atoms with Gasteiger partial charge in [0.2, 0.25) is 0 Å². The number of nitrogens with zero attached hydrogens (tertiary/aromatic N) is 1. The van der Waals surface area contributed by atoms with Crippen molar-refractivity contribution in [3.8, 4) is 11.5 Å². The average molecular weight is 346 g/mol. The zero-order valence-corrected chi connectivity index (χ0v) is 14.3. The molecule has 0 unspecified atom stereocenters. The summed E-state index contributed by atoms with van der Waals surface area (Å²) in [4.78, 5) is 2.47. The topological polar surface area (TPSA) is 77.0 Å². The van der Waals surface area contributed by atoms with Gasteiger partial charge in [0.1, 0.15) is 13.2 Å². The highest BCUT2D eigenvalue weighted by molar-refractivity contribution is 7.89. The predicted molar refractivity (Wildman–Crippen MR) is 91.3 cm³/mol. The Morgan fingerprint density at radius 2 is 1.79 bits per heavy atom. The molecule has 0 saturated heterocycles. The van der Waals surface area contributed by atoms with E-state index in [1.165, 1.54) is 6.21 Å². The largest absolute Gasteiger partial charge is 0.486 e. The third-order valence-corrected chi connectivity index (χ3v) is 4.95. The molecule has 2 aromatic rings. The zero-order chi connectivity index (χ0) is 17.2. The summed E-state index contributed by atoms with van der Waals surface area (Å²) in [7, 11) is -3.70. The smallest absolute Gasteiger partial charge is 0.276 e. The van der Waals surface area contributed by atoms with Gasteiger partial charge in [0.15, 0.2) is 11.5 Å². The molecule has 0 saturated carbocycles. The Labute approximate surface area is 141 Å². The molecule has 0 amide bonds. The molecule has 24 heavy (non-hydrogen) atoms. The molecular weight excluding hydrogens is 328 g/mol. The van der Waals surface area contributed by atoms with Crippen molar-refractivity contribution in [2.75, 3.05) is 13.2 Å². The van der Waals surface area contributed by atoms with Gasteiger partial charge in [-0.3, -0.25) is 0 Å². The van der Waals surface area contributed by atoms with Crippen LogP contribution in [0.1, 0.15) is 16.7 Å². The van der Waals surface area contributed by atoms with Gasteiger partial charge in [0.25, 0.3) is 10.0 Å². The van der Waals surface area contributed by atoms with E-state index in [1.807, 2.05) is 13.0 Å². The Balaban J connectivity index is 1.77. The lowest BCUT2D eigenvalue weighted by Gasteiger charge is -2.18. The van der Waals surface area contributed by atoms with Gasteiger partial charge in [-0.05, 0) is 54.8 Å². The van der Waals surface area contributed by atoms with Gasteiger partial charge in [0, 0.05) is 0 Å². The first-order chi connectivity index (χ1) is 11.5. The summed E-state index contributed by atoms with van der Waals surface area (Å²) < 4.78 is 35.6. The molecule has 3 rings (SSSR count). The van der Waals surface area contributed by atoms with Crippen molar-refractivity contribution in [2.24, 2.45) is 5.10 Å². The van der Waals surface area contributed by atoms with Crippen LogP contribution < -0.4 is 14.3 Å². The van der Waals surface area contributed by atoms with Crippen molar-refractivity contribution in [2.45, 2.75) is 18.7 Å². The lowest BCUT2D eigenvalue weighted by molar-refractivity contribution is 0.171. The van der Waals surface area contributed by atoms with Crippen LogP contribution in [0.4, 0.5) is 0 Å². The molecule has 7 heteroatoms. The minimum atomic E-state index is -3.70. The van der Waals surface area contributed by atoms with Crippen LogP contribution in [0.5, 0.6) is 11.5 Å². The number of rotatable bonds is 4. The monoisotopic (exact) mass is 346 g/mol. The number of hydrogen-bond acceptors (Lipinski definition) is 5. The van der Waals surface area contributed by atoms with E-state index in [0.717, 1.165) is 5.56 Å². The molecule has 126 valence electrons. The van der Waals surface area contributed by atoms with Gasteiger partial charge >= 0.3 is 0 Å². The summed E-state index contributed by atoms with van der Waals surface area (Å²) in [5, 5.41) is 3.85. The third kappa shape index (κ3) is 3.51. The van der Waals surface area contributed by atoms with Crippen LogP contribution in [0.3, 0.4) is 0 Å². The molecule has 0 radical (unpaired) electrons. The van der Waals surface area contributed by atoms with Crippen molar-refractivity contribution in [3.63, 3.8) is 0 Å². The van der Waals surface area contributed by atoms with Crippen LogP contribution in [0.2, 0.25) is 0 Å². The molecule has 0 aliphatic carbocycles. The van der Waals surface area contributed by atoms with Crippen molar-refractivity contribution < 1.29 is 17.9 Å². The molecule has 0 aromatic heterocycles. The van der Waals surface area contributed by atoms with Gasteiger partial charge in [0.05, 0.1) is 11.1 Å². The number of ether oxygens (including phenoxy) is 2. The maximum atomic E-state index is 12.4. The molecular formula is C17H18N2O4S. The number of benzene rings is 2. The minimum absolute atomic E-state index is 0.224. The second-order valence-electron chi connectivity index (χ2n) is 5.52. The van der Waals surface area contributed by atoms with E-state index < -0.39 is 10.0 Å². The molecule has 6 nitrogen and oxygen atoms in total. The van der Waals surface area contributed by atoms with Crippen molar-refractivity contribution in [1.29, 1.82) is 0 Å². The fraction of sp³-hybridized carbons (Fsp3) is 0.235. The van der Waals surface area contributed by atoms with Gasteiger partial charge in [-0.15, -0.1) is 0 Å². The quantitative estimate of drug-likeness (QED) is 0.681. The van der Waals surface area contributed by atoms with Gasteiger partial charge in [-0.2, -0.15) is 13.5 Å². The van der Waals surface area contributed by atoms with Gasteiger partial charge in [-0.1, -0.05) is 12.1 Å². The highest BCUT2D eigenvalue weighted by Gasteiger charge is 2.16. The van der Waals surface area contributed by atoms with E-state index >= 15 is 0 Å². The summed E-state index contributed by atoms with van der Waals surface area (Å²) in [6.45, 7) is 4.61. The second-order valence-corrected chi connectivity index (χ2v) is 7.15.